The summed E-state index contributed by atoms with van der Waals surface area (Å²) >= 11 is 0. The van der Waals surface area contributed by atoms with Crippen LogP contribution in [0.5, 0.6) is 11.5 Å². The van der Waals surface area contributed by atoms with E-state index >= 15 is 0 Å². The van der Waals surface area contributed by atoms with Gasteiger partial charge in [0, 0.05) is 25.7 Å². The van der Waals surface area contributed by atoms with Crippen LogP contribution in [-0.2, 0) is 24.4 Å². The van der Waals surface area contributed by atoms with E-state index in [0.29, 0.717) is 29.0 Å². The number of hydrogen-bond donors (Lipinski definition) is 0. The van der Waals surface area contributed by atoms with E-state index in [-0.39, 0.29) is 11.2 Å². The summed E-state index contributed by atoms with van der Waals surface area (Å²) in [5.74, 6) is 1.26. The number of aryl methyl sites for hydroxylation is 2. The van der Waals surface area contributed by atoms with Gasteiger partial charge >= 0.3 is 5.69 Å². The quantitative estimate of drug-likeness (QED) is 0.435. The van der Waals surface area contributed by atoms with Gasteiger partial charge in [-0.1, -0.05) is 29.8 Å². The predicted molar refractivity (Wildman–Crippen MR) is 139 cm³/mol. The van der Waals surface area contributed by atoms with Crippen LogP contribution in [0.1, 0.15) is 36.8 Å². The summed E-state index contributed by atoms with van der Waals surface area (Å²) < 4.78 is 22.5. The highest BCUT2D eigenvalue weighted by Crippen LogP contribution is 2.47. The van der Waals surface area contributed by atoms with Gasteiger partial charge < -0.3 is 18.8 Å². The van der Waals surface area contributed by atoms with Crippen molar-refractivity contribution in [3.05, 3.63) is 80.1 Å². The van der Waals surface area contributed by atoms with Gasteiger partial charge in [-0.2, -0.15) is 0 Å². The molecule has 8 heteroatoms. The molecule has 0 spiro atoms. The maximum Gasteiger partial charge on any atom is 0.331 e. The van der Waals surface area contributed by atoms with Crippen LogP contribution in [0.2, 0.25) is 0 Å². The maximum atomic E-state index is 13.7. The smallest absolute Gasteiger partial charge is 0.331 e. The van der Waals surface area contributed by atoms with Crippen molar-refractivity contribution in [1.29, 1.82) is 0 Å². The first-order chi connectivity index (χ1) is 17.1. The fourth-order valence-corrected chi connectivity index (χ4v) is 5.25. The highest BCUT2D eigenvalue weighted by atomic mass is 16.5. The molecule has 1 unspecified atom stereocenters. The molecule has 0 bridgehead atoms. The average molecular weight is 490 g/mol. The molecule has 36 heavy (non-hydrogen) atoms. The Hall–Kier alpha value is -3.78. The number of methoxy groups -OCH3 is 2. The van der Waals surface area contributed by atoms with Crippen LogP contribution in [0.15, 0.2) is 52.1 Å². The Labute approximate surface area is 209 Å². The Morgan fingerprint density at radius 1 is 0.972 bits per heavy atom. The van der Waals surface area contributed by atoms with E-state index < -0.39 is 11.6 Å². The van der Waals surface area contributed by atoms with Crippen LogP contribution in [0, 0.1) is 6.92 Å². The van der Waals surface area contributed by atoms with Crippen LogP contribution in [-0.4, -0.2) is 34.5 Å². The monoisotopic (exact) mass is 489 g/mol. The average Bonchev–Trinajstić information content (AvgIpc) is 3.24. The first kappa shape index (κ1) is 23.9. The van der Waals surface area contributed by atoms with Crippen LogP contribution >= 0.6 is 0 Å². The second-order valence-electron chi connectivity index (χ2n) is 9.98. The second-order valence-corrected chi connectivity index (χ2v) is 9.98. The van der Waals surface area contributed by atoms with Crippen LogP contribution in [0.4, 0.5) is 0 Å². The van der Waals surface area contributed by atoms with Crippen molar-refractivity contribution in [3.63, 3.8) is 0 Å². The SMILES string of the molecule is COc1ccc(C2OCC(C)(C)n3c(-c4ccc(C)cc4)c4c(=O)n(C)c(=O)n(C)c4c32)c(OC)c1. The van der Waals surface area contributed by atoms with Crippen molar-refractivity contribution in [3.8, 4) is 22.8 Å². The summed E-state index contributed by atoms with van der Waals surface area (Å²) in [6.45, 7) is 6.59. The minimum Gasteiger partial charge on any atom is -0.497 e. The molecule has 2 aromatic heterocycles. The largest absolute Gasteiger partial charge is 0.497 e. The fraction of sp³-hybridized carbons (Fsp3) is 0.357. The van der Waals surface area contributed by atoms with E-state index in [4.69, 9.17) is 14.2 Å². The standard InChI is InChI=1S/C28H31N3O5/c1-16-8-10-17(11-9-16)22-21-23(29(4)27(33)30(5)26(21)32)24-25(36-15-28(2,3)31(22)24)19-13-12-18(34-6)14-20(19)35-7/h8-14,25H,15H2,1-7H3. The fourth-order valence-electron chi connectivity index (χ4n) is 5.25. The predicted octanol–water partition coefficient (Wildman–Crippen LogP) is 3.89. The Kier molecular flexibility index (Phi) is 5.59. The molecule has 0 saturated heterocycles. The normalized spacial score (nSPS) is 16.7. The zero-order chi connectivity index (χ0) is 25.9. The number of rotatable bonds is 4. The number of fused-ring (bicyclic) bond motifs is 3. The van der Waals surface area contributed by atoms with Gasteiger partial charge in [-0.25, -0.2) is 4.79 Å². The molecule has 0 saturated carbocycles. The Morgan fingerprint density at radius 3 is 2.31 bits per heavy atom. The summed E-state index contributed by atoms with van der Waals surface area (Å²) in [7, 11) is 6.43. The molecular formula is C28H31N3O5. The lowest BCUT2D eigenvalue weighted by molar-refractivity contribution is -0.00801. The van der Waals surface area contributed by atoms with E-state index in [1.807, 2.05) is 49.4 Å². The Balaban J connectivity index is 1.97. The molecule has 2 aromatic carbocycles. The van der Waals surface area contributed by atoms with Crippen LogP contribution < -0.4 is 20.7 Å². The molecule has 0 N–H and O–H groups in total. The van der Waals surface area contributed by atoms with Gasteiger partial charge in [-0.3, -0.25) is 13.9 Å². The lowest BCUT2D eigenvalue weighted by Crippen LogP contribution is -2.40. The summed E-state index contributed by atoms with van der Waals surface area (Å²) in [6.07, 6.45) is -0.571. The van der Waals surface area contributed by atoms with E-state index in [2.05, 4.69) is 18.4 Å². The third-order valence-electron chi connectivity index (χ3n) is 7.11. The topological polar surface area (TPSA) is 76.6 Å². The molecule has 0 amide bonds. The molecule has 0 radical (unpaired) electrons. The number of benzene rings is 2. The van der Waals surface area contributed by atoms with Crippen molar-refractivity contribution >= 4 is 10.9 Å². The molecule has 3 heterocycles. The van der Waals surface area contributed by atoms with Gasteiger partial charge in [0.2, 0.25) is 0 Å². The molecule has 8 nitrogen and oxygen atoms in total. The maximum absolute atomic E-state index is 13.7. The highest BCUT2D eigenvalue weighted by Gasteiger charge is 2.41. The molecule has 5 rings (SSSR count). The lowest BCUT2D eigenvalue weighted by atomic mass is 9.97. The first-order valence-electron chi connectivity index (χ1n) is 11.9. The van der Waals surface area contributed by atoms with E-state index in [0.717, 1.165) is 28.1 Å². The second kappa shape index (κ2) is 8.41. The van der Waals surface area contributed by atoms with Gasteiger partial charge in [-0.15, -0.1) is 0 Å². The minimum absolute atomic E-state index is 0.332. The molecule has 188 valence electrons. The van der Waals surface area contributed by atoms with Gasteiger partial charge in [0.15, 0.2) is 0 Å². The summed E-state index contributed by atoms with van der Waals surface area (Å²) in [4.78, 5) is 26.8. The summed E-state index contributed by atoms with van der Waals surface area (Å²) in [5, 5.41) is 0.495. The summed E-state index contributed by atoms with van der Waals surface area (Å²) in [6, 6.07) is 13.7. The third-order valence-corrected chi connectivity index (χ3v) is 7.11. The van der Waals surface area contributed by atoms with Crippen molar-refractivity contribution < 1.29 is 14.2 Å². The van der Waals surface area contributed by atoms with Gasteiger partial charge in [0.25, 0.3) is 5.56 Å². The molecule has 1 aliphatic heterocycles. The minimum atomic E-state index is -0.571. The number of ether oxygens (including phenoxy) is 3. The van der Waals surface area contributed by atoms with Crippen molar-refractivity contribution in [2.75, 3.05) is 20.8 Å². The molecule has 1 atom stereocenters. The number of nitrogens with zero attached hydrogens (tertiary/aromatic N) is 3. The van der Waals surface area contributed by atoms with Gasteiger partial charge in [0.1, 0.15) is 17.6 Å². The van der Waals surface area contributed by atoms with Crippen LogP contribution in [0.25, 0.3) is 22.2 Å². The molecular weight excluding hydrogens is 458 g/mol. The zero-order valence-electron chi connectivity index (χ0n) is 21.7. The van der Waals surface area contributed by atoms with Crippen molar-refractivity contribution in [2.45, 2.75) is 32.4 Å². The van der Waals surface area contributed by atoms with Crippen molar-refractivity contribution in [1.82, 2.24) is 13.7 Å². The van der Waals surface area contributed by atoms with Crippen LogP contribution in [0.3, 0.4) is 0 Å². The lowest BCUT2D eigenvalue weighted by Gasteiger charge is -2.39. The Morgan fingerprint density at radius 2 is 1.67 bits per heavy atom. The van der Waals surface area contributed by atoms with E-state index in [1.54, 1.807) is 25.8 Å². The molecule has 0 fully saturated rings. The van der Waals surface area contributed by atoms with Gasteiger partial charge in [-0.05, 0) is 38.5 Å². The Bertz CT molecular complexity index is 1610. The summed E-state index contributed by atoms with van der Waals surface area (Å²) in [5.41, 5.74) is 3.69. The first-order valence-corrected chi connectivity index (χ1v) is 11.9. The third kappa shape index (κ3) is 3.39. The molecule has 4 aromatic rings. The number of aromatic nitrogens is 3. The highest BCUT2D eigenvalue weighted by molar-refractivity contribution is 5.97. The molecule has 0 aliphatic carbocycles. The number of hydrogen-bond acceptors (Lipinski definition) is 5. The zero-order valence-corrected chi connectivity index (χ0v) is 21.7. The van der Waals surface area contributed by atoms with Gasteiger partial charge in [0.05, 0.1) is 48.7 Å². The van der Waals surface area contributed by atoms with E-state index in [9.17, 15) is 9.59 Å². The van der Waals surface area contributed by atoms with E-state index in [1.165, 1.54) is 11.6 Å². The van der Waals surface area contributed by atoms with Crippen molar-refractivity contribution in [2.24, 2.45) is 14.1 Å². The molecule has 1 aliphatic rings.